The zero-order chi connectivity index (χ0) is 12.1. The lowest BCUT2D eigenvalue weighted by molar-refractivity contribution is 0.0687. The standard InChI is InChI=1S/C9H15N3O4/c1-2-3-7-8(9(15)16)10-11-12(7)4-6(14)5-13/h6,13-14H,2-5H2,1H3,(H,15,16). The van der Waals surface area contributed by atoms with Crippen LogP contribution in [0, 0.1) is 0 Å². The van der Waals surface area contributed by atoms with Gasteiger partial charge in [-0.05, 0) is 6.42 Å². The van der Waals surface area contributed by atoms with E-state index < -0.39 is 18.7 Å². The summed E-state index contributed by atoms with van der Waals surface area (Å²) in [5.41, 5.74) is 0.384. The van der Waals surface area contributed by atoms with Crippen molar-refractivity contribution >= 4 is 5.97 Å². The molecule has 1 aromatic rings. The minimum Gasteiger partial charge on any atom is -0.476 e. The molecule has 1 aromatic heterocycles. The van der Waals surface area contributed by atoms with Gasteiger partial charge in [-0.25, -0.2) is 9.48 Å². The molecule has 0 bridgehead atoms. The van der Waals surface area contributed by atoms with Crippen molar-refractivity contribution in [2.45, 2.75) is 32.4 Å². The first-order valence-electron chi connectivity index (χ1n) is 5.04. The molecule has 0 aromatic carbocycles. The van der Waals surface area contributed by atoms with E-state index in [0.717, 1.165) is 6.42 Å². The summed E-state index contributed by atoms with van der Waals surface area (Å²) in [5.74, 6) is -1.13. The van der Waals surface area contributed by atoms with Gasteiger partial charge >= 0.3 is 5.97 Å². The molecule has 0 fully saturated rings. The summed E-state index contributed by atoms with van der Waals surface area (Å²) in [6.07, 6.45) is 0.314. The molecule has 1 heterocycles. The second kappa shape index (κ2) is 5.57. The number of aliphatic hydroxyl groups is 2. The molecular formula is C9H15N3O4. The topological polar surface area (TPSA) is 108 Å². The second-order valence-corrected chi connectivity index (χ2v) is 3.46. The molecule has 90 valence electrons. The lowest BCUT2D eigenvalue weighted by Crippen LogP contribution is -2.22. The smallest absolute Gasteiger partial charge is 0.358 e. The van der Waals surface area contributed by atoms with Crippen molar-refractivity contribution in [1.82, 2.24) is 15.0 Å². The number of nitrogens with zero attached hydrogens (tertiary/aromatic N) is 3. The number of carboxylic acid groups (broad SMARTS) is 1. The van der Waals surface area contributed by atoms with Crippen molar-refractivity contribution in [3.05, 3.63) is 11.4 Å². The van der Waals surface area contributed by atoms with Crippen molar-refractivity contribution in [2.24, 2.45) is 0 Å². The lowest BCUT2D eigenvalue weighted by Gasteiger charge is -2.09. The normalized spacial score (nSPS) is 12.7. The van der Waals surface area contributed by atoms with Crippen molar-refractivity contribution in [1.29, 1.82) is 0 Å². The van der Waals surface area contributed by atoms with Crippen LogP contribution in [-0.4, -0.2) is 49.0 Å². The molecule has 1 unspecified atom stereocenters. The maximum Gasteiger partial charge on any atom is 0.358 e. The van der Waals surface area contributed by atoms with Crippen molar-refractivity contribution in [2.75, 3.05) is 6.61 Å². The Balaban J connectivity index is 2.95. The average molecular weight is 229 g/mol. The van der Waals surface area contributed by atoms with Crippen molar-refractivity contribution in [3.8, 4) is 0 Å². The number of rotatable bonds is 6. The van der Waals surface area contributed by atoms with Crippen molar-refractivity contribution in [3.63, 3.8) is 0 Å². The van der Waals surface area contributed by atoms with Crippen LogP contribution in [0.2, 0.25) is 0 Å². The fourth-order valence-corrected chi connectivity index (χ4v) is 1.39. The fraction of sp³-hybridized carbons (Fsp3) is 0.667. The molecule has 0 saturated carbocycles. The number of hydrogen-bond donors (Lipinski definition) is 3. The Morgan fingerprint density at radius 2 is 2.25 bits per heavy atom. The third-order valence-corrected chi connectivity index (χ3v) is 2.12. The summed E-state index contributed by atoms with van der Waals surface area (Å²) >= 11 is 0. The summed E-state index contributed by atoms with van der Waals surface area (Å²) in [7, 11) is 0. The Hall–Kier alpha value is -1.47. The van der Waals surface area contributed by atoms with E-state index in [1.54, 1.807) is 0 Å². The third kappa shape index (κ3) is 2.77. The average Bonchev–Trinajstić information content (AvgIpc) is 2.62. The largest absolute Gasteiger partial charge is 0.476 e. The molecule has 0 aliphatic carbocycles. The predicted octanol–water partition coefficient (Wildman–Crippen LogP) is -0.718. The monoisotopic (exact) mass is 229 g/mol. The van der Waals surface area contributed by atoms with E-state index in [4.69, 9.17) is 10.2 Å². The van der Waals surface area contributed by atoms with E-state index in [2.05, 4.69) is 10.3 Å². The minimum absolute atomic E-state index is 0.0477. The first-order chi connectivity index (χ1) is 7.60. The van der Waals surface area contributed by atoms with Crippen molar-refractivity contribution < 1.29 is 20.1 Å². The Kier molecular flexibility index (Phi) is 4.39. The van der Waals surface area contributed by atoms with Crippen LogP contribution in [0.1, 0.15) is 29.5 Å². The summed E-state index contributed by atoms with van der Waals surface area (Å²) in [5, 5.41) is 34.0. The molecule has 7 heteroatoms. The third-order valence-electron chi connectivity index (χ3n) is 2.12. The highest BCUT2D eigenvalue weighted by molar-refractivity contribution is 5.86. The van der Waals surface area contributed by atoms with Gasteiger partial charge in [-0.3, -0.25) is 0 Å². The minimum atomic E-state index is -1.13. The van der Waals surface area contributed by atoms with Gasteiger partial charge < -0.3 is 15.3 Å². The Morgan fingerprint density at radius 3 is 2.75 bits per heavy atom. The van der Waals surface area contributed by atoms with Crippen LogP contribution in [0.15, 0.2) is 0 Å². The van der Waals surface area contributed by atoms with Gasteiger partial charge in [0.1, 0.15) is 0 Å². The number of hydrogen-bond acceptors (Lipinski definition) is 5. The summed E-state index contributed by atoms with van der Waals surface area (Å²) in [6.45, 7) is 1.56. The second-order valence-electron chi connectivity index (χ2n) is 3.46. The maximum absolute atomic E-state index is 10.8. The highest BCUT2D eigenvalue weighted by Gasteiger charge is 2.19. The molecule has 0 aliphatic heterocycles. The zero-order valence-corrected chi connectivity index (χ0v) is 9.00. The van der Waals surface area contributed by atoms with E-state index in [1.807, 2.05) is 6.92 Å². The quantitative estimate of drug-likeness (QED) is 0.594. The SMILES string of the molecule is CCCc1c(C(=O)O)nnn1CC(O)CO. The first kappa shape index (κ1) is 12.6. The van der Waals surface area contributed by atoms with Gasteiger partial charge in [-0.1, -0.05) is 18.6 Å². The molecule has 0 saturated heterocycles. The Bertz CT molecular complexity index is 364. The Morgan fingerprint density at radius 1 is 1.56 bits per heavy atom. The molecule has 0 radical (unpaired) electrons. The van der Waals surface area contributed by atoms with Crippen LogP contribution in [0.5, 0.6) is 0 Å². The molecule has 0 aliphatic rings. The lowest BCUT2D eigenvalue weighted by atomic mass is 10.2. The molecule has 1 atom stereocenters. The maximum atomic E-state index is 10.8. The van der Waals surface area contributed by atoms with E-state index in [0.29, 0.717) is 12.1 Å². The zero-order valence-electron chi connectivity index (χ0n) is 9.00. The van der Waals surface area contributed by atoms with Crippen LogP contribution in [0.25, 0.3) is 0 Å². The molecule has 16 heavy (non-hydrogen) atoms. The fourth-order valence-electron chi connectivity index (χ4n) is 1.39. The van der Waals surface area contributed by atoms with Crippen LogP contribution < -0.4 is 0 Å². The molecule has 0 amide bonds. The first-order valence-corrected chi connectivity index (χ1v) is 5.04. The van der Waals surface area contributed by atoms with Gasteiger partial charge in [-0.15, -0.1) is 5.10 Å². The molecule has 0 spiro atoms. The highest BCUT2D eigenvalue weighted by Crippen LogP contribution is 2.09. The number of aromatic nitrogens is 3. The van der Waals surface area contributed by atoms with Gasteiger partial charge in [0.2, 0.25) is 0 Å². The highest BCUT2D eigenvalue weighted by atomic mass is 16.4. The summed E-state index contributed by atoms with van der Waals surface area (Å²) in [4.78, 5) is 10.8. The molecule has 3 N–H and O–H groups in total. The number of aromatic carboxylic acids is 1. The van der Waals surface area contributed by atoms with E-state index in [1.165, 1.54) is 4.68 Å². The summed E-state index contributed by atoms with van der Waals surface area (Å²) < 4.78 is 1.33. The molecule has 7 nitrogen and oxygen atoms in total. The van der Waals surface area contributed by atoms with Gasteiger partial charge in [0, 0.05) is 0 Å². The van der Waals surface area contributed by atoms with Gasteiger partial charge in [-0.2, -0.15) is 0 Å². The molecular weight excluding hydrogens is 214 g/mol. The molecule has 1 rings (SSSR count). The van der Waals surface area contributed by atoms with Gasteiger partial charge in [0.05, 0.1) is 24.9 Å². The predicted molar refractivity (Wildman–Crippen MR) is 54.1 cm³/mol. The van der Waals surface area contributed by atoms with E-state index in [9.17, 15) is 9.90 Å². The van der Waals surface area contributed by atoms with Gasteiger partial charge in [0.15, 0.2) is 5.69 Å². The Labute approximate surface area is 92.3 Å². The number of aliphatic hydroxyl groups excluding tert-OH is 2. The van der Waals surface area contributed by atoms with E-state index in [-0.39, 0.29) is 12.2 Å². The number of carbonyl (C=O) groups is 1. The van der Waals surface area contributed by atoms with E-state index >= 15 is 0 Å². The van der Waals surface area contributed by atoms with Gasteiger partial charge in [0.25, 0.3) is 0 Å². The van der Waals surface area contributed by atoms with Crippen LogP contribution in [0.4, 0.5) is 0 Å². The van der Waals surface area contributed by atoms with Crippen LogP contribution >= 0.6 is 0 Å². The number of carboxylic acids is 1. The summed E-state index contributed by atoms with van der Waals surface area (Å²) in [6, 6.07) is 0. The van der Waals surface area contributed by atoms with Crippen LogP contribution in [-0.2, 0) is 13.0 Å². The van der Waals surface area contributed by atoms with Crippen LogP contribution in [0.3, 0.4) is 0 Å².